The Kier molecular flexibility index (Phi) is 20.5. The van der Waals surface area contributed by atoms with Gasteiger partial charge in [-0.05, 0) is 54.2 Å². The molecule has 16 nitrogen and oxygen atoms in total. The SMILES string of the molecule is COC(=O)Cc1ccccc1COc1cc(C(F)(F)F)nc(C)n1.COC(=O)Cc1ccccc1COc1cc(C)nc(OC)n1.Cc1nc(OCc2ccccc2CC(=O)N(C)C)cc(C(F)(F)F)n1. The number of rotatable bonds is 16. The summed E-state index contributed by atoms with van der Waals surface area (Å²) < 4.78 is 107. The van der Waals surface area contributed by atoms with Gasteiger partial charge in [-0.1, -0.05) is 72.8 Å². The second-order valence-electron chi connectivity index (χ2n) is 15.2. The molecule has 0 N–H and O–H groups in total. The molecule has 3 aromatic carbocycles. The molecule has 6 rings (SSSR count). The first kappa shape index (κ1) is 55.7. The Hall–Kier alpha value is -7.91. The summed E-state index contributed by atoms with van der Waals surface area (Å²) in [6.45, 7) is 4.83. The molecule has 1 amide bonds. The number of nitrogens with zero attached hydrogens (tertiary/aromatic N) is 7. The third-order valence-corrected chi connectivity index (χ3v) is 9.65. The normalized spacial score (nSPS) is 10.9. The number of hydrogen-bond acceptors (Lipinski definition) is 15. The van der Waals surface area contributed by atoms with Gasteiger partial charge in [0, 0.05) is 38.0 Å². The van der Waals surface area contributed by atoms with E-state index in [1.165, 1.54) is 40.1 Å². The van der Waals surface area contributed by atoms with E-state index < -0.39 is 29.7 Å². The van der Waals surface area contributed by atoms with Crippen LogP contribution in [0.3, 0.4) is 0 Å². The molecule has 0 fully saturated rings. The molecule has 3 heterocycles. The van der Waals surface area contributed by atoms with Gasteiger partial charge < -0.3 is 33.3 Å². The molecular formula is C49H51F6N7O9. The van der Waals surface area contributed by atoms with Crippen molar-refractivity contribution in [3.63, 3.8) is 0 Å². The molecule has 0 unspecified atom stereocenters. The first-order valence-corrected chi connectivity index (χ1v) is 21.3. The van der Waals surface area contributed by atoms with Gasteiger partial charge in [0.1, 0.15) is 31.5 Å². The maximum atomic E-state index is 12.8. The predicted octanol–water partition coefficient (Wildman–Crippen LogP) is 8.20. The van der Waals surface area contributed by atoms with Crippen LogP contribution in [0, 0.1) is 20.8 Å². The standard InChI is InChI=1S/C17H18F3N3O2.C16H15F3N2O3.C16H18N2O4/c1-11-21-14(17(18,19)20)9-15(22-11)25-10-13-7-5-4-6-12(13)8-16(24)23(2)3;1-10-20-13(16(17,18)19)8-14(21-10)24-9-12-6-4-3-5-11(12)7-15(22)23-2;1-11-8-14(18-16(17-11)21-3)22-10-13-7-5-4-6-12(13)9-15(19)20-2/h4-7,9H,8,10H2,1-3H3;3-6,8H,7,9H2,1-2H3;4-8H,9-10H2,1-3H3. The summed E-state index contributed by atoms with van der Waals surface area (Å²) in [6, 6.07) is 25.1. The van der Waals surface area contributed by atoms with E-state index in [1.54, 1.807) is 68.7 Å². The molecule has 378 valence electrons. The first-order chi connectivity index (χ1) is 33.6. The number of carbonyl (C=O) groups excluding carboxylic acids is 3. The fourth-order valence-corrected chi connectivity index (χ4v) is 6.04. The van der Waals surface area contributed by atoms with Crippen molar-refractivity contribution in [3.8, 4) is 23.7 Å². The van der Waals surface area contributed by atoms with Crippen molar-refractivity contribution in [2.45, 2.75) is 72.2 Å². The molecule has 6 aromatic rings. The Bertz CT molecular complexity index is 2740. The smallest absolute Gasteiger partial charge is 0.433 e. The molecule has 0 saturated heterocycles. The number of methoxy groups -OCH3 is 3. The van der Waals surface area contributed by atoms with Crippen LogP contribution in [0.4, 0.5) is 26.3 Å². The summed E-state index contributed by atoms with van der Waals surface area (Å²) in [4.78, 5) is 58.9. The van der Waals surface area contributed by atoms with E-state index in [2.05, 4.69) is 34.6 Å². The highest BCUT2D eigenvalue weighted by Crippen LogP contribution is 2.31. The van der Waals surface area contributed by atoms with Crippen molar-refractivity contribution >= 4 is 17.8 Å². The van der Waals surface area contributed by atoms with Crippen LogP contribution in [0.1, 0.15) is 62.1 Å². The molecule has 0 spiro atoms. The molecule has 0 bridgehead atoms. The topological polar surface area (TPSA) is 187 Å². The Morgan fingerprint density at radius 2 is 0.845 bits per heavy atom. The van der Waals surface area contributed by atoms with Crippen molar-refractivity contribution < 1.29 is 69.1 Å². The lowest BCUT2D eigenvalue weighted by Crippen LogP contribution is -2.24. The highest BCUT2D eigenvalue weighted by atomic mass is 19.4. The maximum absolute atomic E-state index is 12.8. The predicted molar refractivity (Wildman–Crippen MR) is 243 cm³/mol. The number of likely N-dealkylation sites (N-methyl/N-ethyl adjacent to an activating group) is 1. The second-order valence-corrected chi connectivity index (χ2v) is 15.2. The largest absolute Gasteiger partial charge is 0.473 e. The number of carbonyl (C=O) groups is 3. The van der Waals surface area contributed by atoms with E-state index in [4.69, 9.17) is 23.7 Å². The number of benzene rings is 3. The molecule has 0 saturated carbocycles. The van der Waals surface area contributed by atoms with Gasteiger partial charge in [0.05, 0.1) is 40.6 Å². The number of ether oxygens (including phenoxy) is 6. The number of aromatic nitrogens is 6. The Balaban J connectivity index is 0.000000232. The number of amides is 1. The number of alkyl halides is 6. The highest BCUT2D eigenvalue weighted by Gasteiger charge is 2.34. The van der Waals surface area contributed by atoms with E-state index in [9.17, 15) is 40.7 Å². The maximum Gasteiger partial charge on any atom is 0.433 e. The van der Waals surface area contributed by atoms with Crippen LogP contribution in [-0.2, 0) is 75.3 Å². The summed E-state index contributed by atoms with van der Waals surface area (Å²) in [5.41, 5.74) is 3.21. The summed E-state index contributed by atoms with van der Waals surface area (Å²) in [5.74, 6) is -0.756. The Morgan fingerprint density at radius 3 is 1.18 bits per heavy atom. The van der Waals surface area contributed by atoms with E-state index in [1.807, 2.05) is 31.2 Å². The van der Waals surface area contributed by atoms with Gasteiger partial charge in [-0.3, -0.25) is 14.4 Å². The lowest BCUT2D eigenvalue weighted by Gasteiger charge is -2.14. The number of hydrogen-bond donors (Lipinski definition) is 0. The zero-order valence-electron chi connectivity index (χ0n) is 40.0. The summed E-state index contributed by atoms with van der Waals surface area (Å²) in [5, 5.41) is 0. The third-order valence-electron chi connectivity index (χ3n) is 9.65. The minimum absolute atomic E-state index is 0.00460. The van der Waals surface area contributed by atoms with E-state index >= 15 is 0 Å². The molecule has 0 atom stereocenters. The molecule has 0 aliphatic carbocycles. The van der Waals surface area contributed by atoms with Gasteiger partial charge in [0.2, 0.25) is 23.5 Å². The van der Waals surface area contributed by atoms with Crippen molar-refractivity contribution in [1.29, 1.82) is 0 Å². The van der Waals surface area contributed by atoms with Crippen LogP contribution < -0.4 is 18.9 Å². The molecule has 0 aliphatic rings. The average Bonchev–Trinajstić information content (AvgIpc) is 3.32. The molecule has 3 aromatic heterocycles. The van der Waals surface area contributed by atoms with Crippen molar-refractivity contribution in [2.75, 3.05) is 35.4 Å². The van der Waals surface area contributed by atoms with Gasteiger partial charge in [0.25, 0.3) is 0 Å². The van der Waals surface area contributed by atoms with Crippen LogP contribution in [0.2, 0.25) is 0 Å². The van der Waals surface area contributed by atoms with Crippen LogP contribution >= 0.6 is 0 Å². The number of halogens is 6. The minimum atomic E-state index is -4.57. The fourth-order valence-electron chi connectivity index (χ4n) is 6.04. The number of esters is 2. The summed E-state index contributed by atoms with van der Waals surface area (Å²) >= 11 is 0. The lowest BCUT2D eigenvalue weighted by molar-refractivity contribution is -0.142. The molecule has 0 radical (unpaired) electrons. The minimum Gasteiger partial charge on any atom is -0.473 e. The van der Waals surface area contributed by atoms with Gasteiger partial charge >= 0.3 is 30.3 Å². The van der Waals surface area contributed by atoms with Crippen LogP contribution in [-0.4, -0.2) is 88.1 Å². The Labute approximate surface area is 405 Å². The lowest BCUT2D eigenvalue weighted by atomic mass is 10.0. The first-order valence-electron chi connectivity index (χ1n) is 21.3. The zero-order valence-corrected chi connectivity index (χ0v) is 40.0. The van der Waals surface area contributed by atoms with Crippen molar-refractivity contribution in [1.82, 2.24) is 34.8 Å². The van der Waals surface area contributed by atoms with E-state index in [-0.39, 0.29) is 73.8 Å². The average molecular weight is 996 g/mol. The van der Waals surface area contributed by atoms with Gasteiger partial charge in [0.15, 0.2) is 11.4 Å². The van der Waals surface area contributed by atoms with Crippen molar-refractivity contribution in [3.05, 3.63) is 153 Å². The highest BCUT2D eigenvalue weighted by molar-refractivity contribution is 5.78. The fraction of sp³-hybridized carbons (Fsp3) is 0.327. The molecule has 0 aliphatic heterocycles. The zero-order chi connectivity index (χ0) is 52.3. The van der Waals surface area contributed by atoms with Crippen LogP contribution in [0.15, 0.2) is 91.0 Å². The van der Waals surface area contributed by atoms with Gasteiger partial charge in [-0.15, -0.1) is 0 Å². The van der Waals surface area contributed by atoms with E-state index in [0.717, 1.165) is 34.5 Å². The molecule has 71 heavy (non-hydrogen) atoms. The van der Waals surface area contributed by atoms with E-state index in [0.29, 0.717) is 29.2 Å². The second kappa shape index (κ2) is 26.2. The summed E-state index contributed by atoms with van der Waals surface area (Å²) in [6.07, 6.45) is -8.70. The summed E-state index contributed by atoms with van der Waals surface area (Å²) in [7, 11) is 7.47. The quantitative estimate of drug-likeness (QED) is 0.0666. The monoisotopic (exact) mass is 995 g/mol. The third kappa shape index (κ3) is 18.5. The molecule has 22 heteroatoms. The Morgan fingerprint density at radius 1 is 0.493 bits per heavy atom. The van der Waals surface area contributed by atoms with Gasteiger partial charge in [-0.25, -0.2) is 15.0 Å². The molecular weight excluding hydrogens is 945 g/mol. The van der Waals surface area contributed by atoms with Gasteiger partial charge in [-0.2, -0.15) is 41.3 Å². The van der Waals surface area contributed by atoms with Crippen LogP contribution in [0.5, 0.6) is 23.7 Å². The van der Waals surface area contributed by atoms with Crippen LogP contribution in [0.25, 0.3) is 0 Å². The van der Waals surface area contributed by atoms with Crippen molar-refractivity contribution in [2.24, 2.45) is 0 Å². The number of aryl methyl sites for hydroxylation is 3.